The van der Waals surface area contributed by atoms with Crippen molar-refractivity contribution >= 4 is 33.3 Å². The first-order valence-corrected chi connectivity index (χ1v) is 15.4. The molecular formula is C30H38N2O6S2. The molecule has 2 aromatic carbocycles. The Balaban J connectivity index is 1.82. The van der Waals surface area contributed by atoms with E-state index in [-0.39, 0.29) is 19.0 Å². The molecule has 10 heteroatoms. The third kappa shape index (κ3) is 9.19. The third-order valence-corrected chi connectivity index (χ3v) is 8.95. The highest BCUT2D eigenvalue weighted by Gasteiger charge is 2.25. The highest BCUT2D eigenvalue weighted by molar-refractivity contribution is 7.92. The van der Waals surface area contributed by atoms with Gasteiger partial charge in [0.15, 0.2) is 11.5 Å². The lowest BCUT2D eigenvalue weighted by Gasteiger charge is -2.27. The zero-order chi connectivity index (χ0) is 29.0. The summed E-state index contributed by atoms with van der Waals surface area (Å²) in [6, 6.07) is 16.9. The molecule has 0 aliphatic carbocycles. The van der Waals surface area contributed by atoms with Crippen molar-refractivity contribution in [1.29, 1.82) is 0 Å². The van der Waals surface area contributed by atoms with Crippen LogP contribution in [0.5, 0.6) is 11.5 Å². The van der Waals surface area contributed by atoms with Crippen molar-refractivity contribution in [2.45, 2.75) is 26.3 Å². The molecule has 8 nitrogen and oxygen atoms in total. The Hall–Kier alpha value is -3.18. The summed E-state index contributed by atoms with van der Waals surface area (Å²) < 4.78 is 43.8. The predicted octanol–water partition coefficient (Wildman–Crippen LogP) is 4.98. The molecule has 216 valence electrons. The first-order chi connectivity index (χ1) is 19.3. The Morgan fingerprint density at radius 3 is 2.38 bits per heavy atom. The summed E-state index contributed by atoms with van der Waals surface area (Å²) >= 11 is 1.59. The first-order valence-electron chi connectivity index (χ1n) is 13.0. The largest absolute Gasteiger partial charge is 0.493 e. The van der Waals surface area contributed by atoms with Gasteiger partial charge in [-0.05, 0) is 66.1 Å². The maximum Gasteiger partial charge on any atom is 0.238 e. The minimum Gasteiger partial charge on any atom is -0.493 e. The number of rotatable bonds is 16. The number of hydrogen-bond donors (Lipinski definition) is 0. The Morgan fingerprint density at radius 1 is 0.975 bits per heavy atom. The van der Waals surface area contributed by atoms with Gasteiger partial charge in [-0.3, -0.25) is 4.79 Å². The second-order valence-corrected chi connectivity index (χ2v) is 12.0. The van der Waals surface area contributed by atoms with Crippen molar-refractivity contribution in [2.75, 3.05) is 47.6 Å². The van der Waals surface area contributed by atoms with E-state index in [2.05, 4.69) is 0 Å². The number of aryl methyl sites for hydroxylation is 1. The maximum absolute atomic E-state index is 13.7. The van der Waals surface area contributed by atoms with Crippen molar-refractivity contribution in [3.05, 3.63) is 87.0 Å². The van der Waals surface area contributed by atoms with Gasteiger partial charge in [0, 0.05) is 37.1 Å². The molecule has 0 unspecified atom stereocenters. The molecule has 1 aromatic heterocycles. The molecule has 0 N–H and O–H groups in total. The maximum atomic E-state index is 13.7. The average molecular weight is 587 g/mol. The molecule has 1 heterocycles. The van der Waals surface area contributed by atoms with E-state index in [0.29, 0.717) is 44.0 Å². The van der Waals surface area contributed by atoms with Gasteiger partial charge >= 0.3 is 0 Å². The zero-order valence-electron chi connectivity index (χ0n) is 23.5. The molecule has 0 fully saturated rings. The molecule has 3 aromatic rings. The minimum atomic E-state index is -3.86. The SMILES string of the molecule is COCCCN(CC(=O)N(CCc1ccc(OC)c(OC)c1)Cc1sccc1C)S(=O)(=O)/C=C/c1ccccc1. The van der Waals surface area contributed by atoms with Crippen LogP contribution in [0.15, 0.2) is 65.4 Å². The monoisotopic (exact) mass is 586 g/mol. The summed E-state index contributed by atoms with van der Waals surface area (Å²) in [4.78, 5) is 16.5. The second kappa shape index (κ2) is 15.6. The van der Waals surface area contributed by atoms with Gasteiger partial charge in [-0.15, -0.1) is 11.3 Å². The van der Waals surface area contributed by atoms with Crippen LogP contribution >= 0.6 is 11.3 Å². The van der Waals surface area contributed by atoms with Crippen LogP contribution in [0.2, 0.25) is 0 Å². The molecular weight excluding hydrogens is 548 g/mol. The summed E-state index contributed by atoms with van der Waals surface area (Å²) in [6.45, 7) is 3.13. The summed E-state index contributed by atoms with van der Waals surface area (Å²) in [6.07, 6.45) is 2.59. The molecule has 0 atom stereocenters. The van der Waals surface area contributed by atoms with Crippen LogP contribution in [0.3, 0.4) is 0 Å². The number of ether oxygens (including phenoxy) is 3. The van der Waals surface area contributed by atoms with Gasteiger partial charge in [0.05, 0.1) is 27.3 Å². The van der Waals surface area contributed by atoms with Crippen molar-refractivity contribution in [3.8, 4) is 11.5 Å². The molecule has 0 aliphatic rings. The minimum absolute atomic E-state index is 0.169. The van der Waals surface area contributed by atoms with Gasteiger partial charge in [-0.2, -0.15) is 4.31 Å². The number of sulfonamides is 1. The first kappa shape index (κ1) is 31.3. The van der Waals surface area contributed by atoms with Crippen molar-refractivity contribution in [3.63, 3.8) is 0 Å². The Kier molecular flexibility index (Phi) is 12.2. The third-order valence-electron chi connectivity index (χ3n) is 6.43. The van der Waals surface area contributed by atoms with E-state index >= 15 is 0 Å². The van der Waals surface area contributed by atoms with Crippen LogP contribution < -0.4 is 9.47 Å². The molecule has 0 saturated carbocycles. The van der Waals surface area contributed by atoms with E-state index in [1.807, 2.05) is 66.9 Å². The molecule has 1 amide bonds. The number of methoxy groups -OCH3 is 3. The number of amides is 1. The highest BCUT2D eigenvalue weighted by Crippen LogP contribution is 2.28. The number of benzene rings is 2. The molecule has 0 aliphatic heterocycles. The fourth-order valence-corrected chi connectivity index (χ4v) is 6.17. The quantitative estimate of drug-likeness (QED) is 0.220. The molecule has 0 saturated heterocycles. The van der Waals surface area contributed by atoms with Crippen LogP contribution in [0, 0.1) is 6.92 Å². The summed E-state index contributed by atoms with van der Waals surface area (Å²) in [7, 11) is 0.878. The lowest BCUT2D eigenvalue weighted by Crippen LogP contribution is -2.43. The van der Waals surface area contributed by atoms with Gasteiger partial charge < -0.3 is 19.1 Å². The van der Waals surface area contributed by atoms with Gasteiger partial charge in [-0.25, -0.2) is 8.42 Å². The molecule has 0 radical (unpaired) electrons. The lowest BCUT2D eigenvalue weighted by atomic mass is 10.1. The van der Waals surface area contributed by atoms with E-state index in [1.54, 1.807) is 43.6 Å². The van der Waals surface area contributed by atoms with Gasteiger partial charge in [0.1, 0.15) is 0 Å². The van der Waals surface area contributed by atoms with Gasteiger partial charge in [0.25, 0.3) is 0 Å². The number of nitrogens with zero attached hydrogens (tertiary/aromatic N) is 2. The standard InChI is InChI=1S/C30H38N2O6S2/c1-24-14-19-39-29(24)22-31(17-13-26-11-12-27(37-3)28(21-26)38-4)30(33)23-32(16-8-18-36-2)40(34,35)20-15-25-9-6-5-7-10-25/h5-7,9-12,14-15,19-21H,8,13,16-18,22-23H2,1-4H3/b20-15+. The lowest BCUT2D eigenvalue weighted by molar-refractivity contribution is -0.132. The topological polar surface area (TPSA) is 85.4 Å². The van der Waals surface area contributed by atoms with Crippen LogP contribution in [0.4, 0.5) is 0 Å². The van der Waals surface area contributed by atoms with Gasteiger partial charge in [-0.1, -0.05) is 36.4 Å². The normalized spacial score (nSPS) is 11.7. The highest BCUT2D eigenvalue weighted by atomic mass is 32.2. The average Bonchev–Trinajstić information content (AvgIpc) is 3.37. The van der Waals surface area contributed by atoms with E-state index in [4.69, 9.17) is 14.2 Å². The number of carbonyl (C=O) groups is 1. The van der Waals surface area contributed by atoms with Crippen molar-refractivity contribution in [1.82, 2.24) is 9.21 Å². The number of thiophene rings is 1. The Bertz CT molecular complexity index is 1360. The van der Waals surface area contributed by atoms with Gasteiger partial charge in [0.2, 0.25) is 15.9 Å². The zero-order valence-corrected chi connectivity index (χ0v) is 25.2. The number of hydrogen-bond acceptors (Lipinski definition) is 7. The van der Waals surface area contributed by atoms with Crippen LogP contribution in [-0.2, 0) is 32.5 Å². The Morgan fingerprint density at radius 2 is 1.73 bits per heavy atom. The Labute approximate surface area is 241 Å². The van der Waals surface area contributed by atoms with E-state index < -0.39 is 10.0 Å². The van der Waals surface area contributed by atoms with Crippen LogP contribution in [-0.4, -0.2) is 71.1 Å². The second-order valence-electron chi connectivity index (χ2n) is 9.22. The molecule has 3 rings (SSSR count). The fraction of sp³-hybridized carbons (Fsp3) is 0.367. The number of carbonyl (C=O) groups excluding carboxylic acids is 1. The molecule has 40 heavy (non-hydrogen) atoms. The predicted molar refractivity (Wildman–Crippen MR) is 160 cm³/mol. The van der Waals surface area contributed by atoms with Crippen LogP contribution in [0.1, 0.15) is 28.0 Å². The van der Waals surface area contributed by atoms with E-state index in [9.17, 15) is 13.2 Å². The van der Waals surface area contributed by atoms with Crippen LogP contribution in [0.25, 0.3) is 6.08 Å². The molecule has 0 bridgehead atoms. The van der Waals surface area contributed by atoms with E-state index in [1.165, 1.54) is 9.71 Å². The summed E-state index contributed by atoms with van der Waals surface area (Å²) in [5.41, 5.74) is 2.84. The van der Waals surface area contributed by atoms with E-state index in [0.717, 1.165) is 21.6 Å². The summed E-state index contributed by atoms with van der Waals surface area (Å²) in [5, 5.41) is 3.16. The summed E-state index contributed by atoms with van der Waals surface area (Å²) in [5.74, 6) is 0.990. The van der Waals surface area contributed by atoms with Crippen molar-refractivity contribution < 1.29 is 27.4 Å². The fourth-order valence-electron chi connectivity index (χ4n) is 4.08. The smallest absolute Gasteiger partial charge is 0.238 e. The van der Waals surface area contributed by atoms with Crippen molar-refractivity contribution in [2.24, 2.45) is 0 Å². The molecule has 0 spiro atoms.